The second-order valence-corrected chi connectivity index (χ2v) is 11.8. The number of hydrogen-bond donors (Lipinski definition) is 6. The lowest BCUT2D eigenvalue weighted by molar-refractivity contribution is 0.270. The minimum absolute atomic E-state index is 0.273. The number of hydrogen-bond acceptors (Lipinski definition) is 4. The summed E-state index contributed by atoms with van der Waals surface area (Å²) in [5.41, 5.74) is 0. The molecular weight excluding hydrogens is 359 g/mol. The van der Waals surface area contributed by atoms with Crippen LogP contribution in [0.5, 0.6) is 0 Å². The van der Waals surface area contributed by atoms with E-state index in [4.69, 9.17) is 0 Å². The Morgan fingerprint density at radius 3 is 1.55 bits per heavy atom. The molecule has 0 heterocycles. The molecule has 6 N–H and O–H groups in total. The fourth-order valence-electron chi connectivity index (χ4n) is 2.03. The number of nitrogens with zero attached hydrogens (tertiary/aromatic N) is 1. The molecule has 0 aliphatic rings. The van der Waals surface area contributed by atoms with E-state index in [1.54, 1.807) is 7.05 Å². The highest BCUT2D eigenvalue weighted by molar-refractivity contribution is 7.88. The van der Waals surface area contributed by atoms with Crippen molar-refractivity contribution in [2.45, 2.75) is 37.2 Å². The molecule has 0 rings (SSSR count). The van der Waals surface area contributed by atoms with Crippen molar-refractivity contribution in [1.29, 1.82) is 0 Å². The predicted octanol–water partition coefficient (Wildman–Crippen LogP) is 0.685. The summed E-state index contributed by atoms with van der Waals surface area (Å²) in [6.45, 7) is 2.18. The highest BCUT2D eigenvalue weighted by Gasteiger charge is 2.71. The molecule has 13 heteroatoms. The van der Waals surface area contributed by atoms with E-state index in [9.17, 15) is 43.1 Å². The smallest absolute Gasteiger partial charge is 0.323 e. The van der Waals surface area contributed by atoms with Crippen molar-refractivity contribution < 1.29 is 43.1 Å². The minimum Gasteiger partial charge on any atom is -0.323 e. The van der Waals surface area contributed by atoms with Gasteiger partial charge in [-0.25, -0.2) is 0 Å². The molecule has 0 aromatic carbocycles. The monoisotopic (exact) mass is 383 g/mol. The van der Waals surface area contributed by atoms with Gasteiger partial charge in [0.15, 0.2) is 0 Å². The lowest BCUT2D eigenvalue weighted by Gasteiger charge is -2.35. The molecule has 0 unspecified atom stereocenters. The topological polar surface area (TPSA) is 176 Å². The third-order valence-corrected chi connectivity index (χ3v) is 11.5. The van der Waals surface area contributed by atoms with Crippen LogP contribution in [0.4, 0.5) is 0 Å². The van der Waals surface area contributed by atoms with Crippen molar-refractivity contribution in [3.05, 3.63) is 0 Å². The predicted molar refractivity (Wildman–Crippen MR) is 80.5 cm³/mol. The second-order valence-electron chi connectivity index (χ2n) is 5.17. The lowest BCUT2D eigenvalue weighted by Crippen LogP contribution is -2.34. The van der Waals surface area contributed by atoms with E-state index in [1.807, 2.05) is 6.92 Å². The highest BCUT2D eigenvalue weighted by Crippen LogP contribution is 2.83. The van der Waals surface area contributed by atoms with E-state index in [-0.39, 0.29) is 6.54 Å². The number of unbranched alkanes of at least 4 members (excludes halogenated alkanes) is 2. The summed E-state index contributed by atoms with van der Waals surface area (Å²) in [5, 5.41) is 0. The Kier molecular flexibility index (Phi) is 8.14. The van der Waals surface area contributed by atoms with E-state index in [0.717, 1.165) is 19.3 Å². The van der Waals surface area contributed by atoms with Crippen LogP contribution in [-0.4, -0.2) is 59.0 Å². The molecule has 0 radical (unpaired) electrons. The first-order chi connectivity index (χ1) is 9.70. The van der Waals surface area contributed by atoms with E-state index >= 15 is 0 Å². The zero-order valence-corrected chi connectivity index (χ0v) is 15.1. The summed E-state index contributed by atoms with van der Waals surface area (Å²) in [4.78, 5) is 56.9. The standard InChI is InChI=1S/C9H24NO9P3/c1-3-4-5-7-10(2)8-6-9(20(11,12)13,21(14,15)16)22(17,18)19/h3-8H2,1-2H3,(H2,11,12,13)(H2,14,15,16)(H2,17,18,19). The molecule has 0 aromatic rings. The maximum Gasteiger partial charge on any atom is 0.356 e. The summed E-state index contributed by atoms with van der Waals surface area (Å²) >= 11 is 0. The number of rotatable bonds is 10. The van der Waals surface area contributed by atoms with Gasteiger partial charge in [0.25, 0.3) is 4.64 Å². The van der Waals surface area contributed by atoms with Crippen LogP contribution in [0.3, 0.4) is 0 Å². The first kappa shape index (κ1) is 22.4. The van der Waals surface area contributed by atoms with E-state index in [2.05, 4.69) is 0 Å². The van der Waals surface area contributed by atoms with E-state index in [0.29, 0.717) is 6.54 Å². The Balaban J connectivity index is 5.43. The molecule has 22 heavy (non-hydrogen) atoms. The first-order valence-electron chi connectivity index (χ1n) is 6.56. The molecule has 0 bridgehead atoms. The molecule has 0 fully saturated rings. The molecular formula is C9H24NO9P3. The second kappa shape index (κ2) is 7.99. The average molecular weight is 383 g/mol. The molecule has 0 aromatic heterocycles. The molecule has 0 atom stereocenters. The van der Waals surface area contributed by atoms with Gasteiger partial charge in [0.05, 0.1) is 0 Å². The molecule has 134 valence electrons. The average Bonchev–Trinajstić information content (AvgIpc) is 2.24. The summed E-state index contributed by atoms with van der Waals surface area (Å²) in [5.74, 6) is 0. The summed E-state index contributed by atoms with van der Waals surface area (Å²) < 4.78 is 30.8. The van der Waals surface area contributed by atoms with E-state index < -0.39 is 33.8 Å². The van der Waals surface area contributed by atoms with Crippen LogP contribution in [0.2, 0.25) is 0 Å². The molecule has 0 spiro atoms. The fourth-order valence-corrected chi connectivity index (χ4v) is 7.28. The maximum atomic E-state index is 11.5. The molecule has 0 aliphatic heterocycles. The van der Waals surface area contributed by atoms with Gasteiger partial charge in [-0.1, -0.05) is 19.8 Å². The van der Waals surface area contributed by atoms with Gasteiger partial charge in [-0.15, -0.1) is 0 Å². The Hall–Kier alpha value is 0.410. The van der Waals surface area contributed by atoms with Gasteiger partial charge in [0, 0.05) is 13.0 Å². The van der Waals surface area contributed by atoms with Crippen molar-refractivity contribution in [2.75, 3.05) is 20.1 Å². The van der Waals surface area contributed by atoms with Crippen molar-refractivity contribution in [2.24, 2.45) is 0 Å². The van der Waals surface area contributed by atoms with Crippen LogP contribution in [0.15, 0.2) is 0 Å². The van der Waals surface area contributed by atoms with Gasteiger partial charge in [-0.3, -0.25) is 13.7 Å². The largest absolute Gasteiger partial charge is 0.356 e. The Morgan fingerprint density at radius 1 is 0.818 bits per heavy atom. The van der Waals surface area contributed by atoms with Crippen LogP contribution < -0.4 is 0 Å². The Morgan fingerprint density at radius 2 is 1.23 bits per heavy atom. The van der Waals surface area contributed by atoms with Gasteiger partial charge < -0.3 is 34.3 Å². The minimum atomic E-state index is -5.79. The van der Waals surface area contributed by atoms with Crippen molar-refractivity contribution in [1.82, 2.24) is 4.90 Å². The van der Waals surface area contributed by atoms with Crippen LogP contribution in [0, 0.1) is 0 Å². The zero-order chi connectivity index (χ0) is 17.8. The molecule has 0 amide bonds. The quantitative estimate of drug-likeness (QED) is 0.232. The van der Waals surface area contributed by atoms with Crippen LogP contribution in [-0.2, 0) is 13.7 Å². The summed E-state index contributed by atoms with van der Waals surface area (Å²) in [6.07, 6.45) is 1.56. The van der Waals surface area contributed by atoms with Crippen molar-refractivity contribution >= 4 is 22.8 Å². The van der Waals surface area contributed by atoms with Crippen molar-refractivity contribution in [3.8, 4) is 0 Å². The maximum absolute atomic E-state index is 11.5. The molecule has 0 aliphatic carbocycles. The Bertz CT molecular complexity index is 438. The van der Waals surface area contributed by atoms with E-state index in [1.165, 1.54) is 4.90 Å². The molecule has 0 saturated carbocycles. The van der Waals surface area contributed by atoms with Gasteiger partial charge in [-0.05, 0) is 20.0 Å². The van der Waals surface area contributed by atoms with Crippen LogP contribution in [0.25, 0.3) is 0 Å². The first-order valence-corrected chi connectivity index (χ1v) is 11.4. The van der Waals surface area contributed by atoms with Crippen LogP contribution in [0.1, 0.15) is 32.6 Å². The Labute approximate surface area is 129 Å². The molecule has 0 saturated heterocycles. The van der Waals surface area contributed by atoms with Gasteiger partial charge in [-0.2, -0.15) is 0 Å². The van der Waals surface area contributed by atoms with Gasteiger partial charge >= 0.3 is 22.8 Å². The summed E-state index contributed by atoms with van der Waals surface area (Å²) in [7, 11) is -15.8. The normalized spacial score (nSPS) is 14.6. The third-order valence-electron chi connectivity index (χ3n) is 3.37. The summed E-state index contributed by atoms with van der Waals surface area (Å²) in [6, 6.07) is 0. The van der Waals surface area contributed by atoms with Crippen LogP contribution >= 0.6 is 22.8 Å². The fraction of sp³-hybridized carbons (Fsp3) is 1.00. The lowest BCUT2D eigenvalue weighted by atomic mass is 10.2. The van der Waals surface area contributed by atoms with Gasteiger partial charge in [0.2, 0.25) is 0 Å². The zero-order valence-electron chi connectivity index (χ0n) is 12.4. The SMILES string of the molecule is CCCCCN(C)CCC(P(=O)(O)O)(P(=O)(O)O)P(=O)(O)O. The third kappa shape index (κ3) is 5.21. The van der Waals surface area contributed by atoms with Gasteiger partial charge in [0.1, 0.15) is 0 Å². The molecule has 10 nitrogen and oxygen atoms in total. The highest BCUT2D eigenvalue weighted by atomic mass is 31.3. The van der Waals surface area contributed by atoms with Crippen molar-refractivity contribution in [3.63, 3.8) is 0 Å².